The van der Waals surface area contributed by atoms with Crippen molar-refractivity contribution in [2.45, 2.75) is 11.8 Å². The van der Waals surface area contributed by atoms with Crippen molar-refractivity contribution in [1.29, 1.82) is 0 Å². The van der Waals surface area contributed by atoms with Crippen LogP contribution in [0.1, 0.15) is 5.56 Å². The van der Waals surface area contributed by atoms with Crippen LogP contribution >= 0.6 is 31.9 Å². The molecule has 0 amide bonds. The number of rotatable bonds is 3. The normalized spacial score (nSPS) is 11.6. The predicted octanol–water partition coefficient (Wildman–Crippen LogP) is 4.01. The molecule has 2 aromatic carbocycles. The molecule has 1 aromatic heterocycles. The fourth-order valence-corrected chi connectivity index (χ4v) is 4.81. The Balaban J connectivity index is 2.10. The van der Waals surface area contributed by atoms with Crippen molar-refractivity contribution in [2.24, 2.45) is 0 Å². The van der Waals surface area contributed by atoms with Crippen molar-refractivity contribution in [1.82, 2.24) is 0 Å². The SMILES string of the molecule is Cc1cc(S(=O)(=O)Nc2cc3cc(Br)ccc3oc2=O)c(Br)cc1N. The molecule has 6 nitrogen and oxygen atoms in total. The van der Waals surface area contributed by atoms with Gasteiger partial charge in [-0.3, -0.25) is 4.72 Å². The molecular formula is C16H12Br2N2O4S. The van der Waals surface area contributed by atoms with E-state index in [9.17, 15) is 13.2 Å². The van der Waals surface area contributed by atoms with Crippen LogP contribution < -0.4 is 16.1 Å². The lowest BCUT2D eigenvalue weighted by Gasteiger charge is -2.11. The summed E-state index contributed by atoms with van der Waals surface area (Å²) in [6, 6.07) is 9.44. The van der Waals surface area contributed by atoms with Gasteiger partial charge in [-0.25, -0.2) is 13.2 Å². The minimum Gasteiger partial charge on any atom is -0.421 e. The molecule has 0 radical (unpaired) electrons. The first-order valence-electron chi connectivity index (χ1n) is 6.99. The summed E-state index contributed by atoms with van der Waals surface area (Å²) < 4.78 is 33.9. The third-order valence-corrected chi connectivity index (χ3v) is 6.37. The summed E-state index contributed by atoms with van der Waals surface area (Å²) in [7, 11) is -4.01. The first kappa shape index (κ1) is 18.0. The minimum atomic E-state index is -4.01. The number of sulfonamides is 1. The Bertz CT molecular complexity index is 1160. The van der Waals surface area contributed by atoms with Crippen molar-refractivity contribution in [3.63, 3.8) is 0 Å². The highest BCUT2D eigenvalue weighted by atomic mass is 79.9. The number of fused-ring (bicyclic) bond motifs is 1. The maximum absolute atomic E-state index is 12.7. The summed E-state index contributed by atoms with van der Waals surface area (Å²) in [5.74, 6) is 0. The molecule has 0 saturated carbocycles. The molecule has 0 fully saturated rings. The molecule has 0 spiro atoms. The Hall–Kier alpha value is -1.84. The Kier molecular flexibility index (Phi) is 4.65. The van der Waals surface area contributed by atoms with Gasteiger partial charge in [0.1, 0.15) is 16.2 Å². The van der Waals surface area contributed by atoms with Crippen molar-refractivity contribution < 1.29 is 12.8 Å². The molecule has 130 valence electrons. The van der Waals surface area contributed by atoms with Gasteiger partial charge in [0.05, 0.1) is 0 Å². The maximum atomic E-state index is 12.7. The first-order valence-corrected chi connectivity index (χ1v) is 10.1. The van der Waals surface area contributed by atoms with E-state index in [1.54, 1.807) is 25.1 Å². The van der Waals surface area contributed by atoms with E-state index in [1.165, 1.54) is 18.2 Å². The van der Waals surface area contributed by atoms with Crippen LogP contribution in [0.2, 0.25) is 0 Å². The molecule has 0 aliphatic carbocycles. The van der Waals surface area contributed by atoms with Crippen LogP contribution in [-0.4, -0.2) is 8.42 Å². The van der Waals surface area contributed by atoms with Crippen molar-refractivity contribution in [3.8, 4) is 0 Å². The summed E-state index contributed by atoms with van der Waals surface area (Å²) in [6.45, 7) is 1.70. The zero-order valence-electron chi connectivity index (χ0n) is 12.8. The molecule has 0 saturated heterocycles. The zero-order valence-corrected chi connectivity index (χ0v) is 16.8. The number of benzene rings is 2. The predicted molar refractivity (Wildman–Crippen MR) is 104 cm³/mol. The lowest BCUT2D eigenvalue weighted by atomic mass is 10.2. The second-order valence-corrected chi connectivity index (χ2v) is 8.80. The average molecular weight is 488 g/mol. The molecule has 25 heavy (non-hydrogen) atoms. The summed E-state index contributed by atoms with van der Waals surface area (Å²) in [5, 5.41) is 0.583. The van der Waals surface area contributed by atoms with Crippen LogP contribution in [0, 0.1) is 6.92 Å². The Morgan fingerprint density at radius 2 is 1.84 bits per heavy atom. The van der Waals surface area contributed by atoms with Crippen LogP contribution in [-0.2, 0) is 10.0 Å². The Labute approximate surface area is 160 Å². The third kappa shape index (κ3) is 3.58. The van der Waals surface area contributed by atoms with Crippen LogP contribution in [0.15, 0.2) is 59.5 Å². The third-order valence-electron chi connectivity index (χ3n) is 3.55. The van der Waals surface area contributed by atoms with Gasteiger partial charge < -0.3 is 10.2 Å². The lowest BCUT2D eigenvalue weighted by Crippen LogP contribution is -2.19. The molecule has 3 N–H and O–H groups in total. The summed E-state index contributed by atoms with van der Waals surface area (Å²) in [6.07, 6.45) is 0. The molecule has 0 atom stereocenters. The second kappa shape index (κ2) is 6.47. The summed E-state index contributed by atoms with van der Waals surface area (Å²) >= 11 is 6.51. The fourth-order valence-electron chi connectivity index (χ4n) is 2.24. The highest BCUT2D eigenvalue weighted by Gasteiger charge is 2.21. The van der Waals surface area contributed by atoms with E-state index in [0.717, 1.165) is 4.47 Å². The van der Waals surface area contributed by atoms with Gasteiger partial charge in [-0.05, 0) is 64.8 Å². The smallest absolute Gasteiger partial charge is 0.360 e. The largest absolute Gasteiger partial charge is 0.421 e. The Morgan fingerprint density at radius 3 is 2.56 bits per heavy atom. The van der Waals surface area contributed by atoms with Crippen molar-refractivity contribution in [3.05, 3.63) is 61.3 Å². The molecule has 1 heterocycles. The second-order valence-electron chi connectivity index (χ2n) is 5.37. The van der Waals surface area contributed by atoms with Crippen LogP contribution in [0.3, 0.4) is 0 Å². The van der Waals surface area contributed by atoms with E-state index in [1.807, 2.05) is 0 Å². The van der Waals surface area contributed by atoms with Gasteiger partial charge in [-0.2, -0.15) is 0 Å². The number of anilines is 2. The molecular weight excluding hydrogens is 476 g/mol. The van der Waals surface area contributed by atoms with Gasteiger partial charge in [0.2, 0.25) is 0 Å². The maximum Gasteiger partial charge on any atom is 0.360 e. The van der Waals surface area contributed by atoms with Crippen LogP contribution in [0.25, 0.3) is 11.0 Å². The van der Waals surface area contributed by atoms with Gasteiger partial charge in [0.25, 0.3) is 10.0 Å². The molecule has 9 heteroatoms. The number of nitrogens with two attached hydrogens (primary N) is 1. The van der Waals surface area contributed by atoms with Gasteiger partial charge in [-0.1, -0.05) is 15.9 Å². The number of hydrogen-bond acceptors (Lipinski definition) is 5. The number of hydrogen-bond donors (Lipinski definition) is 2. The van der Waals surface area contributed by atoms with E-state index in [2.05, 4.69) is 36.6 Å². The molecule has 0 aliphatic heterocycles. The molecule has 0 aliphatic rings. The van der Waals surface area contributed by atoms with E-state index < -0.39 is 15.6 Å². The van der Waals surface area contributed by atoms with Gasteiger partial charge in [0.15, 0.2) is 0 Å². The standard InChI is InChI=1S/C16H12Br2N2O4S/c1-8-4-15(11(18)7-12(8)19)25(22,23)20-13-6-9-5-10(17)2-3-14(9)24-16(13)21/h2-7,20H,19H2,1H3. The van der Waals surface area contributed by atoms with Crippen LogP contribution in [0.5, 0.6) is 0 Å². The summed E-state index contributed by atoms with van der Waals surface area (Å²) in [4.78, 5) is 12.1. The van der Waals surface area contributed by atoms with Gasteiger partial charge >= 0.3 is 5.63 Å². The fraction of sp³-hybridized carbons (Fsp3) is 0.0625. The topological polar surface area (TPSA) is 102 Å². The summed E-state index contributed by atoms with van der Waals surface area (Å²) in [5.41, 5.74) is 6.25. The van der Waals surface area contributed by atoms with Crippen molar-refractivity contribution in [2.75, 3.05) is 10.5 Å². The van der Waals surface area contributed by atoms with Gasteiger partial charge in [-0.15, -0.1) is 0 Å². The van der Waals surface area contributed by atoms with E-state index >= 15 is 0 Å². The zero-order chi connectivity index (χ0) is 18.4. The van der Waals surface area contributed by atoms with E-state index in [-0.39, 0.29) is 10.6 Å². The van der Waals surface area contributed by atoms with Crippen molar-refractivity contribution >= 4 is 64.2 Å². The molecule has 0 bridgehead atoms. The first-order chi connectivity index (χ1) is 11.7. The average Bonchev–Trinajstić information content (AvgIpc) is 2.51. The quantitative estimate of drug-likeness (QED) is 0.429. The lowest BCUT2D eigenvalue weighted by molar-refractivity contribution is 0.562. The number of nitrogens with one attached hydrogen (secondary N) is 1. The number of halogens is 2. The highest BCUT2D eigenvalue weighted by molar-refractivity contribution is 9.10. The van der Waals surface area contributed by atoms with E-state index in [0.29, 0.717) is 26.7 Å². The van der Waals surface area contributed by atoms with Gasteiger partial charge in [0, 0.05) is 20.0 Å². The minimum absolute atomic E-state index is 0.0204. The number of nitrogen functional groups attached to an aromatic ring is 1. The molecule has 0 unspecified atom stereocenters. The number of aryl methyl sites for hydroxylation is 1. The monoisotopic (exact) mass is 486 g/mol. The highest BCUT2D eigenvalue weighted by Crippen LogP contribution is 2.29. The Morgan fingerprint density at radius 1 is 1.12 bits per heavy atom. The molecule has 3 aromatic rings. The van der Waals surface area contributed by atoms with E-state index in [4.69, 9.17) is 10.2 Å². The van der Waals surface area contributed by atoms with Crippen LogP contribution in [0.4, 0.5) is 11.4 Å². The molecule has 3 rings (SSSR count).